The highest BCUT2D eigenvalue weighted by atomic mass is 32.2. The molecule has 4 heterocycles. The van der Waals surface area contributed by atoms with Gasteiger partial charge in [0.05, 0.1) is 41.1 Å². The zero-order valence-corrected chi connectivity index (χ0v) is 20.9. The molecular weight excluding hydrogens is 508 g/mol. The summed E-state index contributed by atoms with van der Waals surface area (Å²) in [4.78, 5) is 22.2. The van der Waals surface area contributed by atoms with Crippen LogP contribution in [0.4, 0.5) is 5.82 Å². The maximum Gasteiger partial charge on any atom is 0.333 e. The molecule has 191 valence electrons. The van der Waals surface area contributed by atoms with Crippen molar-refractivity contribution in [2.45, 2.75) is 44.6 Å². The SMILES string of the molecule is Cc1cc2n(n1)CCO[C@H]2c1csc(C(=O)c2cncnc2N[C@H]2C[C@H](O)[C@@H]([CH]NS(=O)(=O)O)C2)c1. The van der Waals surface area contributed by atoms with Crippen molar-refractivity contribution in [1.29, 1.82) is 0 Å². The van der Waals surface area contributed by atoms with Crippen molar-refractivity contribution in [3.8, 4) is 0 Å². The number of anilines is 1. The van der Waals surface area contributed by atoms with Crippen LogP contribution in [0.15, 0.2) is 30.0 Å². The summed E-state index contributed by atoms with van der Waals surface area (Å²) in [7, 11) is -4.40. The van der Waals surface area contributed by atoms with E-state index in [-0.39, 0.29) is 23.5 Å². The van der Waals surface area contributed by atoms with Gasteiger partial charge in [-0.1, -0.05) is 0 Å². The standard InChI is InChI=1S/C22H25N6O6S2/c1-12-4-17-21(34-3-2-28(17)27-12)14-6-19(35-10-14)20(30)16-9-23-11-24-22(16)26-15-5-13(18(29)7-15)8-25-36(31,32)33/h4,6,8-11,13,15,18,21,25,29H,2-3,5,7H2,1H3,(H,23,24,26)(H,31,32,33)/t13-,15-,18+,21+/m1/s1. The normalized spacial score (nSPS) is 24.0. The Morgan fingerprint density at radius 1 is 1.33 bits per heavy atom. The van der Waals surface area contributed by atoms with Crippen LogP contribution in [-0.4, -0.2) is 62.4 Å². The average molecular weight is 534 g/mol. The topological polar surface area (TPSA) is 169 Å². The lowest BCUT2D eigenvalue weighted by Gasteiger charge is -2.23. The zero-order chi connectivity index (χ0) is 25.4. The van der Waals surface area contributed by atoms with Crippen LogP contribution in [0.5, 0.6) is 0 Å². The van der Waals surface area contributed by atoms with Gasteiger partial charge in [-0.05, 0) is 42.8 Å². The van der Waals surface area contributed by atoms with E-state index in [1.807, 2.05) is 33.8 Å². The molecule has 4 N–H and O–H groups in total. The van der Waals surface area contributed by atoms with Gasteiger partial charge in [-0.25, -0.2) is 9.97 Å². The summed E-state index contributed by atoms with van der Waals surface area (Å²) >= 11 is 1.31. The third-order valence-electron chi connectivity index (χ3n) is 6.24. The Hall–Kier alpha value is -2.75. The molecule has 3 aromatic heterocycles. The first-order valence-electron chi connectivity index (χ1n) is 11.3. The van der Waals surface area contributed by atoms with Gasteiger partial charge in [0.15, 0.2) is 0 Å². The summed E-state index contributed by atoms with van der Waals surface area (Å²) < 4.78 is 40.6. The van der Waals surface area contributed by atoms with E-state index in [1.54, 1.807) is 0 Å². The summed E-state index contributed by atoms with van der Waals surface area (Å²) in [6, 6.07) is 3.53. The first-order chi connectivity index (χ1) is 17.2. The number of carbonyl (C=O) groups excluding carboxylic acids is 1. The van der Waals surface area contributed by atoms with E-state index in [0.29, 0.717) is 36.7 Å². The molecule has 1 aliphatic carbocycles. The molecule has 0 spiro atoms. The molecule has 14 heteroatoms. The minimum absolute atomic E-state index is 0.246. The van der Waals surface area contributed by atoms with Gasteiger partial charge in [-0.15, -0.1) is 11.3 Å². The molecule has 2 aliphatic rings. The zero-order valence-electron chi connectivity index (χ0n) is 19.2. The van der Waals surface area contributed by atoms with Gasteiger partial charge in [-0.2, -0.15) is 18.2 Å². The summed E-state index contributed by atoms with van der Waals surface area (Å²) in [5, 5.41) is 19.9. The number of rotatable bonds is 8. The molecule has 12 nitrogen and oxygen atoms in total. The Labute approximate surface area is 211 Å². The molecule has 1 aliphatic heterocycles. The molecule has 3 aromatic rings. The van der Waals surface area contributed by atoms with E-state index < -0.39 is 22.3 Å². The first-order valence-corrected chi connectivity index (χ1v) is 13.6. The molecule has 1 fully saturated rings. The summed E-state index contributed by atoms with van der Waals surface area (Å²) in [6.45, 7) is 4.31. The molecule has 5 rings (SSSR count). The molecule has 1 radical (unpaired) electrons. The summed E-state index contributed by atoms with van der Waals surface area (Å²) in [6.07, 6.45) is 2.32. The number of ether oxygens (including phenoxy) is 1. The van der Waals surface area contributed by atoms with Crippen molar-refractivity contribution in [3.63, 3.8) is 0 Å². The number of carbonyl (C=O) groups is 1. The van der Waals surface area contributed by atoms with Crippen LogP contribution in [0.25, 0.3) is 0 Å². The third kappa shape index (κ3) is 5.33. The number of thiophene rings is 1. The summed E-state index contributed by atoms with van der Waals surface area (Å²) in [5.74, 6) is -0.435. The number of nitrogens with zero attached hydrogens (tertiary/aromatic N) is 4. The summed E-state index contributed by atoms with van der Waals surface area (Å²) in [5.41, 5.74) is 3.03. The van der Waals surface area contributed by atoms with Crippen LogP contribution < -0.4 is 10.0 Å². The third-order valence-corrected chi connectivity index (χ3v) is 7.62. The highest BCUT2D eigenvalue weighted by molar-refractivity contribution is 7.83. The Balaban J connectivity index is 1.31. The van der Waals surface area contributed by atoms with Crippen molar-refractivity contribution in [2.75, 3.05) is 11.9 Å². The molecule has 0 amide bonds. The second-order valence-electron chi connectivity index (χ2n) is 8.85. The van der Waals surface area contributed by atoms with Crippen molar-refractivity contribution < 1.29 is 27.6 Å². The van der Waals surface area contributed by atoms with E-state index in [0.717, 1.165) is 23.5 Å². The molecule has 1 saturated carbocycles. The van der Waals surface area contributed by atoms with Gasteiger partial charge in [0.1, 0.15) is 18.2 Å². The number of hydrogen-bond acceptors (Lipinski definition) is 10. The fraction of sp³-hybridized carbons (Fsp3) is 0.409. The number of aliphatic hydroxyl groups is 1. The van der Waals surface area contributed by atoms with E-state index in [4.69, 9.17) is 9.29 Å². The number of aromatic nitrogens is 4. The Morgan fingerprint density at radius 2 is 2.17 bits per heavy atom. The van der Waals surface area contributed by atoms with Crippen molar-refractivity contribution in [3.05, 3.63) is 64.0 Å². The molecule has 4 atom stereocenters. The number of aliphatic hydroxyl groups excluding tert-OH is 1. The molecule has 0 saturated heterocycles. The van der Waals surface area contributed by atoms with Gasteiger partial charge in [0.2, 0.25) is 5.78 Å². The number of ketones is 1. The van der Waals surface area contributed by atoms with E-state index >= 15 is 0 Å². The Bertz CT molecular complexity index is 1370. The molecule has 0 unspecified atom stereocenters. The highest BCUT2D eigenvalue weighted by Gasteiger charge is 2.35. The fourth-order valence-electron chi connectivity index (χ4n) is 4.63. The van der Waals surface area contributed by atoms with Gasteiger partial charge in [0.25, 0.3) is 0 Å². The van der Waals surface area contributed by atoms with E-state index in [1.165, 1.54) is 23.9 Å². The monoisotopic (exact) mass is 533 g/mol. The van der Waals surface area contributed by atoms with Gasteiger partial charge >= 0.3 is 10.3 Å². The largest absolute Gasteiger partial charge is 0.393 e. The second kappa shape index (κ2) is 9.95. The van der Waals surface area contributed by atoms with Crippen LogP contribution in [0.2, 0.25) is 0 Å². The maximum absolute atomic E-state index is 13.4. The lowest BCUT2D eigenvalue weighted by Crippen LogP contribution is -2.27. The second-order valence-corrected chi connectivity index (χ2v) is 10.9. The van der Waals surface area contributed by atoms with Crippen LogP contribution in [0.3, 0.4) is 0 Å². The van der Waals surface area contributed by atoms with Crippen LogP contribution in [0, 0.1) is 19.4 Å². The van der Waals surface area contributed by atoms with Crippen LogP contribution in [-0.2, 0) is 21.6 Å². The van der Waals surface area contributed by atoms with Crippen molar-refractivity contribution in [2.24, 2.45) is 5.92 Å². The van der Waals surface area contributed by atoms with Crippen LogP contribution >= 0.6 is 11.3 Å². The predicted molar refractivity (Wildman–Crippen MR) is 130 cm³/mol. The van der Waals surface area contributed by atoms with E-state index in [9.17, 15) is 18.3 Å². The Kier molecular flexibility index (Phi) is 6.89. The van der Waals surface area contributed by atoms with Crippen molar-refractivity contribution in [1.82, 2.24) is 24.5 Å². The molecule has 0 aromatic carbocycles. The molecule has 36 heavy (non-hydrogen) atoms. The fourth-order valence-corrected chi connectivity index (χ4v) is 5.85. The lowest BCUT2D eigenvalue weighted by atomic mass is 10.1. The van der Waals surface area contributed by atoms with Gasteiger partial charge in [-0.3, -0.25) is 14.0 Å². The minimum Gasteiger partial charge on any atom is -0.393 e. The number of fused-ring (bicyclic) bond motifs is 1. The van der Waals surface area contributed by atoms with Gasteiger partial charge in [0, 0.05) is 24.7 Å². The lowest BCUT2D eigenvalue weighted by molar-refractivity contribution is 0.0424. The highest BCUT2D eigenvalue weighted by Crippen LogP contribution is 2.34. The Morgan fingerprint density at radius 3 is 2.97 bits per heavy atom. The number of aryl methyl sites for hydroxylation is 1. The number of hydrogen-bond donors (Lipinski definition) is 4. The first kappa shape index (κ1) is 24.9. The smallest absolute Gasteiger partial charge is 0.333 e. The number of nitrogens with one attached hydrogen (secondary N) is 2. The predicted octanol–water partition coefficient (Wildman–Crippen LogP) is 1.50. The van der Waals surface area contributed by atoms with Crippen LogP contribution in [0.1, 0.15) is 51.1 Å². The molecular formula is C22H25N6O6S2. The average Bonchev–Trinajstić information content (AvgIpc) is 3.54. The quantitative estimate of drug-likeness (QED) is 0.246. The minimum atomic E-state index is -4.40. The maximum atomic E-state index is 13.4. The van der Waals surface area contributed by atoms with Crippen molar-refractivity contribution >= 4 is 33.2 Å². The van der Waals surface area contributed by atoms with E-state index in [2.05, 4.69) is 20.4 Å². The van der Waals surface area contributed by atoms with Gasteiger partial charge < -0.3 is 15.2 Å². The molecule has 0 bridgehead atoms.